The Morgan fingerprint density at radius 3 is 3.00 bits per heavy atom. The molecule has 0 fully saturated rings. The summed E-state index contributed by atoms with van der Waals surface area (Å²) in [5.41, 5.74) is 9.04. The second-order valence-corrected chi connectivity index (χ2v) is 4.54. The number of hydrogen-bond donors (Lipinski definition) is 2. The fourth-order valence-electron chi connectivity index (χ4n) is 2.61. The molecular weight excluding hydrogens is 202 g/mol. The molecular formula is C13H17NO2. The van der Waals surface area contributed by atoms with E-state index in [0.717, 1.165) is 36.1 Å². The minimum Gasteiger partial charge on any atom is -0.481 e. The number of hydrogen-bond acceptors (Lipinski definition) is 2. The summed E-state index contributed by atoms with van der Waals surface area (Å²) >= 11 is 0. The van der Waals surface area contributed by atoms with Crippen molar-refractivity contribution in [3.05, 3.63) is 29.3 Å². The Bertz CT molecular complexity index is 414. The van der Waals surface area contributed by atoms with Gasteiger partial charge in [0.2, 0.25) is 0 Å². The van der Waals surface area contributed by atoms with Crippen LogP contribution in [0.2, 0.25) is 0 Å². The number of rotatable bonds is 2. The van der Waals surface area contributed by atoms with Crippen LogP contribution in [0.4, 0.5) is 5.69 Å². The zero-order chi connectivity index (χ0) is 11.7. The number of carbonyl (C=O) groups is 1. The van der Waals surface area contributed by atoms with Gasteiger partial charge in [-0.15, -0.1) is 0 Å². The van der Waals surface area contributed by atoms with Crippen molar-refractivity contribution < 1.29 is 9.90 Å². The lowest BCUT2D eigenvalue weighted by atomic mass is 9.76. The van der Waals surface area contributed by atoms with Gasteiger partial charge in [0.05, 0.1) is 5.92 Å². The van der Waals surface area contributed by atoms with Crippen LogP contribution in [0.25, 0.3) is 0 Å². The molecule has 0 radical (unpaired) electrons. The molecule has 0 saturated heterocycles. The summed E-state index contributed by atoms with van der Waals surface area (Å²) in [7, 11) is 0. The number of benzene rings is 1. The molecule has 0 spiro atoms. The van der Waals surface area contributed by atoms with Gasteiger partial charge in [0.1, 0.15) is 0 Å². The Hall–Kier alpha value is -1.51. The van der Waals surface area contributed by atoms with E-state index in [1.165, 1.54) is 0 Å². The standard InChI is InChI=1S/C13H17NO2/c1-8(13(15)16)9-4-2-6-11-10(9)5-3-7-12(11)14/h3,5,7-9H,2,4,6,14H2,1H3,(H,15,16). The fraction of sp³-hybridized carbons (Fsp3) is 0.462. The zero-order valence-corrected chi connectivity index (χ0v) is 9.44. The molecule has 0 bridgehead atoms. The highest BCUT2D eigenvalue weighted by Crippen LogP contribution is 2.38. The molecule has 0 heterocycles. The SMILES string of the molecule is CC(C(=O)O)C1CCCc2c(N)cccc21. The van der Waals surface area contributed by atoms with Gasteiger partial charge in [0.25, 0.3) is 0 Å². The first-order chi connectivity index (χ1) is 7.61. The molecule has 1 aromatic carbocycles. The highest BCUT2D eigenvalue weighted by atomic mass is 16.4. The van der Waals surface area contributed by atoms with Crippen LogP contribution in [-0.4, -0.2) is 11.1 Å². The summed E-state index contributed by atoms with van der Waals surface area (Å²) in [6.45, 7) is 1.78. The molecule has 0 amide bonds. The molecule has 0 saturated carbocycles. The van der Waals surface area contributed by atoms with Crippen LogP contribution >= 0.6 is 0 Å². The molecule has 1 aliphatic carbocycles. The van der Waals surface area contributed by atoms with E-state index >= 15 is 0 Å². The molecule has 3 heteroatoms. The Kier molecular flexibility index (Phi) is 2.86. The van der Waals surface area contributed by atoms with Crippen molar-refractivity contribution in [2.45, 2.75) is 32.1 Å². The van der Waals surface area contributed by atoms with E-state index in [9.17, 15) is 4.79 Å². The molecule has 3 nitrogen and oxygen atoms in total. The predicted molar refractivity (Wildman–Crippen MR) is 63.3 cm³/mol. The molecule has 0 aromatic heterocycles. The highest BCUT2D eigenvalue weighted by Gasteiger charge is 2.29. The third kappa shape index (κ3) is 1.77. The number of nitrogens with two attached hydrogens (primary N) is 1. The second kappa shape index (κ2) is 4.16. The predicted octanol–water partition coefficient (Wildman–Crippen LogP) is 2.41. The van der Waals surface area contributed by atoms with Crippen LogP contribution < -0.4 is 5.73 Å². The molecule has 86 valence electrons. The summed E-state index contributed by atoms with van der Waals surface area (Å²) in [4.78, 5) is 11.1. The minimum atomic E-state index is -0.722. The van der Waals surface area contributed by atoms with Crippen molar-refractivity contribution in [3.63, 3.8) is 0 Å². The van der Waals surface area contributed by atoms with E-state index < -0.39 is 5.97 Å². The number of carboxylic acids is 1. The Balaban J connectivity index is 2.40. The maximum atomic E-state index is 11.1. The zero-order valence-electron chi connectivity index (χ0n) is 9.44. The second-order valence-electron chi connectivity index (χ2n) is 4.54. The number of anilines is 1. The van der Waals surface area contributed by atoms with Gasteiger partial charge in [-0.3, -0.25) is 4.79 Å². The third-order valence-corrected chi connectivity index (χ3v) is 3.58. The number of fused-ring (bicyclic) bond motifs is 1. The van der Waals surface area contributed by atoms with Gasteiger partial charge in [-0.2, -0.15) is 0 Å². The molecule has 3 N–H and O–H groups in total. The molecule has 1 aromatic rings. The lowest BCUT2D eigenvalue weighted by Gasteiger charge is -2.29. The number of carboxylic acid groups (broad SMARTS) is 1. The van der Waals surface area contributed by atoms with E-state index in [-0.39, 0.29) is 11.8 Å². The summed E-state index contributed by atoms with van der Waals surface area (Å²) < 4.78 is 0. The van der Waals surface area contributed by atoms with E-state index in [1.807, 2.05) is 18.2 Å². The topological polar surface area (TPSA) is 63.3 Å². The maximum absolute atomic E-state index is 11.1. The third-order valence-electron chi connectivity index (χ3n) is 3.58. The monoisotopic (exact) mass is 219 g/mol. The molecule has 0 aliphatic heterocycles. The van der Waals surface area contributed by atoms with Gasteiger partial charge in [-0.1, -0.05) is 19.1 Å². The normalized spacial score (nSPS) is 21.2. The average Bonchev–Trinajstić information content (AvgIpc) is 2.28. The van der Waals surface area contributed by atoms with Gasteiger partial charge in [-0.25, -0.2) is 0 Å². The van der Waals surface area contributed by atoms with E-state index in [1.54, 1.807) is 6.92 Å². The van der Waals surface area contributed by atoms with Crippen LogP contribution in [0.1, 0.15) is 36.8 Å². The van der Waals surface area contributed by atoms with Crippen molar-refractivity contribution >= 4 is 11.7 Å². The van der Waals surface area contributed by atoms with E-state index in [4.69, 9.17) is 10.8 Å². The van der Waals surface area contributed by atoms with Crippen molar-refractivity contribution in [3.8, 4) is 0 Å². The van der Waals surface area contributed by atoms with Crippen LogP contribution in [-0.2, 0) is 11.2 Å². The summed E-state index contributed by atoms with van der Waals surface area (Å²) in [6.07, 6.45) is 2.96. The van der Waals surface area contributed by atoms with Gasteiger partial charge < -0.3 is 10.8 Å². The minimum absolute atomic E-state index is 0.116. The Morgan fingerprint density at radius 1 is 1.56 bits per heavy atom. The van der Waals surface area contributed by atoms with Gasteiger partial charge in [0, 0.05) is 5.69 Å². The molecule has 2 rings (SSSR count). The highest BCUT2D eigenvalue weighted by molar-refractivity contribution is 5.71. The molecule has 16 heavy (non-hydrogen) atoms. The maximum Gasteiger partial charge on any atom is 0.306 e. The average molecular weight is 219 g/mol. The lowest BCUT2D eigenvalue weighted by molar-refractivity contribution is -0.142. The first-order valence-electron chi connectivity index (χ1n) is 5.71. The van der Waals surface area contributed by atoms with Crippen LogP contribution in [0.3, 0.4) is 0 Å². The first kappa shape index (κ1) is 11.0. The Labute approximate surface area is 95.3 Å². The molecule has 2 atom stereocenters. The first-order valence-corrected chi connectivity index (χ1v) is 5.71. The van der Waals surface area contributed by atoms with Crippen molar-refractivity contribution in [1.29, 1.82) is 0 Å². The van der Waals surface area contributed by atoms with E-state index in [0.29, 0.717) is 0 Å². The van der Waals surface area contributed by atoms with Gasteiger partial charge in [-0.05, 0) is 42.4 Å². The van der Waals surface area contributed by atoms with E-state index in [2.05, 4.69) is 0 Å². The summed E-state index contributed by atoms with van der Waals surface area (Å²) in [5.74, 6) is -0.939. The van der Waals surface area contributed by atoms with Gasteiger partial charge in [0.15, 0.2) is 0 Å². The smallest absolute Gasteiger partial charge is 0.306 e. The largest absolute Gasteiger partial charge is 0.481 e. The summed E-state index contributed by atoms with van der Waals surface area (Å²) in [6, 6.07) is 5.84. The molecule has 2 unspecified atom stereocenters. The van der Waals surface area contributed by atoms with Crippen molar-refractivity contribution in [2.75, 3.05) is 5.73 Å². The van der Waals surface area contributed by atoms with Crippen LogP contribution in [0, 0.1) is 5.92 Å². The van der Waals surface area contributed by atoms with Crippen molar-refractivity contribution in [1.82, 2.24) is 0 Å². The quantitative estimate of drug-likeness (QED) is 0.751. The molecule has 1 aliphatic rings. The summed E-state index contributed by atoms with van der Waals surface area (Å²) in [5, 5.41) is 9.10. The number of nitrogen functional groups attached to an aromatic ring is 1. The van der Waals surface area contributed by atoms with Crippen LogP contribution in [0.15, 0.2) is 18.2 Å². The fourth-order valence-corrected chi connectivity index (χ4v) is 2.61. The van der Waals surface area contributed by atoms with Crippen molar-refractivity contribution in [2.24, 2.45) is 5.92 Å². The van der Waals surface area contributed by atoms with Crippen LogP contribution in [0.5, 0.6) is 0 Å². The lowest BCUT2D eigenvalue weighted by Crippen LogP contribution is -2.23. The number of aliphatic carboxylic acids is 1. The van der Waals surface area contributed by atoms with Gasteiger partial charge >= 0.3 is 5.97 Å². The Morgan fingerprint density at radius 2 is 2.31 bits per heavy atom.